The Hall–Kier alpha value is -2.80. The van der Waals surface area contributed by atoms with Crippen LogP contribution in [0.4, 0.5) is 0 Å². The largest absolute Gasteiger partial charge is 0.405 e. The molecule has 0 saturated carbocycles. The van der Waals surface area contributed by atoms with Gasteiger partial charge in [0.2, 0.25) is 5.88 Å². The fourth-order valence-corrected chi connectivity index (χ4v) is 3.03. The number of hydrogen-bond acceptors (Lipinski definition) is 6. The lowest BCUT2D eigenvalue weighted by atomic mass is 10.3. The van der Waals surface area contributed by atoms with Crippen molar-refractivity contribution in [1.29, 1.82) is 0 Å². The van der Waals surface area contributed by atoms with Crippen molar-refractivity contribution >= 4 is 17.0 Å². The molecular weight excluding hydrogens is 310 g/mol. The van der Waals surface area contributed by atoms with Gasteiger partial charge in [-0.1, -0.05) is 6.07 Å². The number of thiophene rings is 1. The molecule has 0 saturated heterocycles. The van der Waals surface area contributed by atoms with Crippen molar-refractivity contribution in [1.82, 2.24) is 24.6 Å². The van der Waals surface area contributed by atoms with Crippen LogP contribution in [0.5, 0.6) is 11.9 Å². The number of aryl methyl sites for hydroxylation is 2. The van der Waals surface area contributed by atoms with Crippen molar-refractivity contribution in [2.24, 2.45) is 0 Å². The molecule has 23 heavy (non-hydrogen) atoms. The quantitative estimate of drug-likeness (QED) is 0.576. The van der Waals surface area contributed by atoms with Gasteiger partial charge in [-0.2, -0.15) is 9.61 Å². The highest BCUT2D eigenvalue weighted by Crippen LogP contribution is 2.28. The van der Waals surface area contributed by atoms with Gasteiger partial charge in [0.25, 0.3) is 0 Å². The minimum Gasteiger partial charge on any atom is -0.405 e. The maximum Gasteiger partial charge on any atom is 0.323 e. The second kappa shape index (κ2) is 5.44. The molecule has 0 radical (unpaired) electrons. The number of nitrogens with zero attached hydrogens (tertiary/aromatic N) is 5. The van der Waals surface area contributed by atoms with Gasteiger partial charge in [0.05, 0.1) is 16.8 Å². The molecule has 6 nitrogen and oxygen atoms in total. The summed E-state index contributed by atoms with van der Waals surface area (Å²) in [5.74, 6) is 0.536. The first-order chi connectivity index (χ1) is 11.2. The van der Waals surface area contributed by atoms with Crippen molar-refractivity contribution < 1.29 is 4.74 Å². The van der Waals surface area contributed by atoms with Gasteiger partial charge in [0.1, 0.15) is 0 Å². The predicted molar refractivity (Wildman–Crippen MR) is 87.9 cm³/mol. The molecule has 0 fully saturated rings. The van der Waals surface area contributed by atoms with Crippen LogP contribution in [0.3, 0.4) is 0 Å². The zero-order chi connectivity index (χ0) is 15.8. The summed E-state index contributed by atoms with van der Waals surface area (Å²) in [6.07, 6.45) is 1.69. The van der Waals surface area contributed by atoms with Crippen molar-refractivity contribution in [2.45, 2.75) is 13.8 Å². The van der Waals surface area contributed by atoms with Gasteiger partial charge < -0.3 is 4.74 Å². The Morgan fingerprint density at radius 3 is 2.61 bits per heavy atom. The molecule has 0 aromatic carbocycles. The van der Waals surface area contributed by atoms with E-state index >= 15 is 0 Å². The Labute approximate surface area is 136 Å². The van der Waals surface area contributed by atoms with E-state index in [0.717, 1.165) is 27.6 Å². The van der Waals surface area contributed by atoms with E-state index < -0.39 is 0 Å². The molecule has 114 valence electrons. The summed E-state index contributed by atoms with van der Waals surface area (Å²) in [4.78, 5) is 14.3. The number of hydrogen-bond donors (Lipinski definition) is 0. The van der Waals surface area contributed by atoms with Gasteiger partial charge in [0.15, 0.2) is 5.65 Å². The molecule has 4 heterocycles. The summed E-state index contributed by atoms with van der Waals surface area (Å²) in [6.45, 7) is 3.82. The smallest absolute Gasteiger partial charge is 0.323 e. The van der Waals surface area contributed by atoms with E-state index in [2.05, 4.69) is 20.1 Å². The van der Waals surface area contributed by atoms with Crippen molar-refractivity contribution in [3.05, 3.63) is 53.3 Å². The van der Waals surface area contributed by atoms with E-state index in [-0.39, 0.29) is 0 Å². The Kier molecular flexibility index (Phi) is 3.27. The third-order valence-corrected chi connectivity index (χ3v) is 4.15. The van der Waals surface area contributed by atoms with Crippen LogP contribution in [0.15, 0.2) is 41.9 Å². The molecule has 0 spiro atoms. The zero-order valence-electron chi connectivity index (χ0n) is 12.6. The zero-order valence-corrected chi connectivity index (χ0v) is 13.4. The SMILES string of the molecule is Cc1cc(C)nc(Oc2cc(-c3cccs3)nc3ccnn23)n1. The minimum atomic E-state index is 0.308. The maximum atomic E-state index is 5.89. The van der Waals surface area contributed by atoms with Gasteiger partial charge >= 0.3 is 6.01 Å². The Bertz CT molecular complexity index is 957. The first-order valence-electron chi connectivity index (χ1n) is 7.08. The molecule has 4 aromatic rings. The molecule has 0 atom stereocenters. The molecule has 4 rings (SSSR count). The van der Waals surface area contributed by atoms with Gasteiger partial charge in [0, 0.05) is 23.5 Å². The highest BCUT2D eigenvalue weighted by atomic mass is 32.1. The Morgan fingerprint density at radius 2 is 1.87 bits per heavy atom. The number of rotatable bonds is 3. The first-order valence-corrected chi connectivity index (χ1v) is 7.96. The summed E-state index contributed by atoms with van der Waals surface area (Å²) < 4.78 is 7.53. The van der Waals surface area contributed by atoms with Crippen molar-refractivity contribution in [3.8, 4) is 22.5 Å². The van der Waals surface area contributed by atoms with E-state index in [0.29, 0.717) is 11.9 Å². The van der Waals surface area contributed by atoms with Crippen molar-refractivity contribution in [3.63, 3.8) is 0 Å². The van der Waals surface area contributed by atoms with E-state index in [9.17, 15) is 0 Å². The molecule has 0 aliphatic heterocycles. The topological polar surface area (TPSA) is 65.2 Å². The molecule has 0 aliphatic carbocycles. The van der Waals surface area contributed by atoms with Crippen LogP contribution in [0, 0.1) is 13.8 Å². The highest BCUT2D eigenvalue weighted by molar-refractivity contribution is 7.13. The maximum absolute atomic E-state index is 5.89. The average Bonchev–Trinajstić information content (AvgIpc) is 3.17. The monoisotopic (exact) mass is 323 g/mol. The van der Waals surface area contributed by atoms with E-state index in [1.54, 1.807) is 22.0 Å². The molecular formula is C16H13N5OS. The minimum absolute atomic E-state index is 0.308. The molecule has 0 aliphatic rings. The fourth-order valence-electron chi connectivity index (χ4n) is 2.34. The molecule has 0 N–H and O–H groups in total. The lowest BCUT2D eigenvalue weighted by Crippen LogP contribution is -2.02. The lowest BCUT2D eigenvalue weighted by Gasteiger charge is -2.08. The third-order valence-electron chi connectivity index (χ3n) is 3.26. The normalized spacial score (nSPS) is 11.0. The van der Waals surface area contributed by atoms with Gasteiger partial charge in [-0.05, 0) is 31.4 Å². The van der Waals surface area contributed by atoms with Crippen LogP contribution in [0.25, 0.3) is 16.2 Å². The fraction of sp³-hybridized carbons (Fsp3) is 0.125. The number of ether oxygens (including phenoxy) is 1. The van der Waals surface area contributed by atoms with Crippen LogP contribution in [-0.2, 0) is 0 Å². The summed E-state index contributed by atoms with van der Waals surface area (Å²) in [7, 11) is 0. The molecule has 7 heteroatoms. The Balaban J connectivity index is 1.83. The Morgan fingerprint density at radius 1 is 1.04 bits per heavy atom. The first kappa shape index (κ1) is 13.8. The van der Waals surface area contributed by atoms with Gasteiger partial charge in [-0.25, -0.2) is 15.0 Å². The third kappa shape index (κ3) is 2.66. The summed E-state index contributed by atoms with van der Waals surface area (Å²) in [5.41, 5.74) is 3.27. The van der Waals surface area contributed by atoms with E-state index in [1.165, 1.54) is 0 Å². The molecule has 4 aromatic heterocycles. The van der Waals surface area contributed by atoms with Crippen LogP contribution < -0.4 is 4.74 Å². The van der Waals surface area contributed by atoms with Crippen LogP contribution in [-0.4, -0.2) is 24.6 Å². The van der Waals surface area contributed by atoms with Crippen LogP contribution in [0.1, 0.15) is 11.4 Å². The molecule has 0 amide bonds. The highest BCUT2D eigenvalue weighted by Gasteiger charge is 2.12. The molecule has 0 bridgehead atoms. The van der Waals surface area contributed by atoms with E-state index in [1.807, 2.05) is 49.6 Å². The van der Waals surface area contributed by atoms with Gasteiger partial charge in [-0.3, -0.25) is 0 Å². The van der Waals surface area contributed by atoms with E-state index in [4.69, 9.17) is 4.74 Å². The van der Waals surface area contributed by atoms with Gasteiger partial charge in [-0.15, -0.1) is 11.3 Å². The average molecular weight is 323 g/mol. The predicted octanol–water partition coefficient (Wildman–Crippen LogP) is 3.66. The number of aromatic nitrogens is 5. The van der Waals surface area contributed by atoms with Crippen LogP contribution in [0.2, 0.25) is 0 Å². The lowest BCUT2D eigenvalue weighted by molar-refractivity contribution is 0.409. The second-order valence-electron chi connectivity index (χ2n) is 5.09. The van der Waals surface area contributed by atoms with Crippen LogP contribution >= 0.6 is 11.3 Å². The number of fused-ring (bicyclic) bond motifs is 1. The standard InChI is InChI=1S/C16H13N5OS/c1-10-8-11(2)19-16(18-10)22-15-9-12(13-4-3-7-23-13)20-14-5-6-17-21(14)15/h3-9H,1-2H3. The molecule has 0 unspecified atom stereocenters. The summed E-state index contributed by atoms with van der Waals surface area (Å²) in [5, 5.41) is 6.28. The summed E-state index contributed by atoms with van der Waals surface area (Å²) >= 11 is 1.63. The second-order valence-corrected chi connectivity index (χ2v) is 6.04. The summed E-state index contributed by atoms with van der Waals surface area (Å²) in [6, 6.07) is 9.93. The van der Waals surface area contributed by atoms with Crippen molar-refractivity contribution in [2.75, 3.05) is 0 Å².